The van der Waals surface area contributed by atoms with Crippen molar-refractivity contribution in [1.29, 1.82) is 0 Å². The van der Waals surface area contributed by atoms with Gasteiger partial charge in [-0.3, -0.25) is 0 Å². The molecule has 1 heterocycles. The number of nitrogens with zero attached hydrogens (tertiary/aromatic N) is 3. The highest BCUT2D eigenvalue weighted by Gasteiger charge is 2.20. The summed E-state index contributed by atoms with van der Waals surface area (Å²) in [5.41, 5.74) is 0.852. The zero-order chi connectivity index (χ0) is 20.3. The maximum atomic E-state index is 13.2. The van der Waals surface area contributed by atoms with Gasteiger partial charge in [0.15, 0.2) is 17.1 Å². The first-order valence-corrected chi connectivity index (χ1v) is 10.6. The Bertz CT molecular complexity index is 963. The van der Waals surface area contributed by atoms with Crippen molar-refractivity contribution < 1.29 is 9.13 Å². The zero-order valence-electron chi connectivity index (χ0n) is 15.1. The molecular formula is C19H17Cl3FN3OS. The third-order valence-corrected chi connectivity index (χ3v) is 6.03. The Morgan fingerprint density at radius 1 is 1.11 bits per heavy atom. The van der Waals surface area contributed by atoms with Gasteiger partial charge < -0.3 is 9.30 Å². The Kier molecular flexibility index (Phi) is 7.10. The molecule has 0 saturated carbocycles. The molecule has 0 N–H and O–H groups in total. The predicted molar refractivity (Wildman–Crippen MR) is 112 cm³/mol. The fraction of sp³-hybridized carbons (Fsp3) is 0.263. The summed E-state index contributed by atoms with van der Waals surface area (Å²) >= 11 is 20.0. The van der Waals surface area contributed by atoms with Gasteiger partial charge in [-0.05, 0) is 49.7 Å². The second kappa shape index (κ2) is 9.35. The molecule has 0 aliphatic rings. The van der Waals surface area contributed by atoms with Crippen molar-refractivity contribution in [2.75, 3.05) is 0 Å². The van der Waals surface area contributed by atoms with Crippen LogP contribution in [0.1, 0.15) is 31.3 Å². The molecule has 9 heteroatoms. The van der Waals surface area contributed by atoms with Crippen molar-refractivity contribution in [3.8, 4) is 5.75 Å². The third-order valence-electron chi connectivity index (χ3n) is 4.03. The molecule has 2 aromatic carbocycles. The number of rotatable bonds is 7. The first kappa shape index (κ1) is 21.2. The number of hydrogen-bond donors (Lipinski definition) is 0. The molecule has 3 aromatic rings. The SMILES string of the molecule is CCn1c(SCc2c(Cl)cccc2Cl)nnc1C(C)Oc1ccc(F)cc1Cl. The van der Waals surface area contributed by atoms with E-state index in [2.05, 4.69) is 10.2 Å². The summed E-state index contributed by atoms with van der Waals surface area (Å²) in [6.07, 6.45) is -0.423. The fourth-order valence-electron chi connectivity index (χ4n) is 2.63. The van der Waals surface area contributed by atoms with E-state index in [-0.39, 0.29) is 5.02 Å². The summed E-state index contributed by atoms with van der Waals surface area (Å²) < 4.78 is 21.0. The van der Waals surface area contributed by atoms with E-state index in [4.69, 9.17) is 39.5 Å². The van der Waals surface area contributed by atoms with Crippen LogP contribution in [0.4, 0.5) is 4.39 Å². The van der Waals surface area contributed by atoms with Crippen LogP contribution in [-0.4, -0.2) is 14.8 Å². The summed E-state index contributed by atoms with van der Waals surface area (Å²) in [4.78, 5) is 0. The van der Waals surface area contributed by atoms with Crippen LogP contribution in [0.3, 0.4) is 0 Å². The molecule has 0 bridgehead atoms. The highest BCUT2D eigenvalue weighted by Crippen LogP contribution is 2.33. The third kappa shape index (κ3) is 4.74. The molecule has 1 aromatic heterocycles. The number of halogens is 4. The topological polar surface area (TPSA) is 39.9 Å². The second-order valence-corrected chi connectivity index (χ2v) is 8.07. The normalized spacial score (nSPS) is 12.2. The summed E-state index contributed by atoms with van der Waals surface area (Å²) in [7, 11) is 0. The summed E-state index contributed by atoms with van der Waals surface area (Å²) in [5.74, 6) is 1.18. The standard InChI is InChI=1S/C19H17Cl3FN3OS/c1-3-26-18(11(2)27-17-8-7-12(23)9-16(17)22)24-25-19(26)28-10-13-14(20)5-4-6-15(13)21/h4-9,11H,3,10H2,1-2H3. The molecule has 1 atom stereocenters. The zero-order valence-corrected chi connectivity index (χ0v) is 18.2. The van der Waals surface area contributed by atoms with Gasteiger partial charge in [0.2, 0.25) is 0 Å². The predicted octanol–water partition coefficient (Wildman–Crippen LogP) is 6.83. The number of hydrogen-bond acceptors (Lipinski definition) is 4. The van der Waals surface area contributed by atoms with E-state index in [0.29, 0.717) is 33.9 Å². The first-order valence-electron chi connectivity index (χ1n) is 8.51. The van der Waals surface area contributed by atoms with Gasteiger partial charge >= 0.3 is 0 Å². The maximum Gasteiger partial charge on any atom is 0.191 e. The molecule has 1 unspecified atom stereocenters. The minimum absolute atomic E-state index is 0.206. The lowest BCUT2D eigenvalue weighted by atomic mass is 10.2. The van der Waals surface area contributed by atoms with Crippen LogP contribution in [0, 0.1) is 5.82 Å². The highest BCUT2D eigenvalue weighted by atomic mass is 35.5. The van der Waals surface area contributed by atoms with Gasteiger partial charge in [-0.1, -0.05) is 52.6 Å². The second-order valence-electron chi connectivity index (χ2n) is 5.91. The Morgan fingerprint density at radius 2 is 1.82 bits per heavy atom. The average Bonchev–Trinajstić information content (AvgIpc) is 3.06. The van der Waals surface area contributed by atoms with E-state index in [1.54, 1.807) is 0 Å². The van der Waals surface area contributed by atoms with E-state index in [1.165, 1.54) is 30.0 Å². The van der Waals surface area contributed by atoms with Crippen LogP contribution < -0.4 is 4.74 Å². The molecule has 0 radical (unpaired) electrons. The highest BCUT2D eigenvalue weighted by molar-refractivity contribution is 7.98. The van der Waals surface area contributed by atoms with Crippen molar-refractivity contribution in [2.24, 2.45) is 0 Å². The van der Waals surface area contributed by atoms with Crippen molar-refractivity contribution in [3.63, 3.8) is 0 Å². The van der Waals surface area contributed by atoms with Crippen LogP contribution in [-0.2, 0) is 12.3 Å². The van der Waals surface area contributed by atoms with Crippen LogP contribution >= 0.6 is 46.6 Å². The van der Waals surface area contributed by atoms with E-state index >= 15 is 0 Å². The lowest BCUT2D eigenvalue weighted by molar-refractivity contribution is 0.210. The Balaban J connectivity index is 1.77. The van der Waals surface area contributed by atoms with Crippen molar-refractivity contribution >= 4 is 46.6 Å². The molecule has 0 spiro atoms. The number of benzene rings is 2. The summed E-state index contributed by atoms with van der Waals surface area (Å²) in [6.45, 7) is 4.50. The van der Waals surface area contributed by atoms with Gasteiger partial charge in [0.05, 0.1) is 5.02 Å². The van der Waals surface area contributed by atoms with E-state index < -0.39 is 11.9 Å². The van der Waals surface area contributed by atoms with Crippen LogP contribution in [0.5, 0.6) is 5.75 Å². The van der Waals surface area contributed by atoms with Gasteiger partial charge in [-0.15, -0.1) is 10.2 Å². The van der Waals surface area contributed by atoms with Gasteiger partial charge in [0, 0.05) is 22.3 Å². The summed E-state index contributed by atoms with van der Waals surface area (Å²) in [5, 5.41) is 10.7. The molecule has 28 heavy (non-hydrogen) atoms. The van der Waals surface area contributed by atoms with Crippen molar-refractivity contribution in [1.82, 2.24) is 14.8 Å². The minimum Gasteiger partial charge on any atom is -0.481 e. The first-order chi connectivity index (χ1) is 13.4. The van der Waals surface area contributed by atoms with E-state index in [9.17, 15) is 4.39 Å². The molecule has 0 saturated heterocycles. The van der Waals surface area contributed by atoms with E-state index in [0.717, 1.165) is 10.7 Å². The smallest absolute Gasteiger partial charge is 0.191 e. The number of ether oxygens (including phenoxy) is 1. The largest absolute Gasteiger partial charge is 0.481 e. The molecule has 0 aliphatic heterocycles. The average molecular weight is 461 g/mol. The van der Waals surface area contributed by atoms with Crippen LogP contribution in [0.15, 0.2) is 41.6 Å². The van der Waals surface area contributed by atoms with Crippen molar-refractivity contribution in [2.45, 2.75) is 37.4 Å². The van der Waals surface area contributed by atoms with Gasteiger partial charge in [-0.2, -0.15) is 0 Å². The van der Waals surface area contributed by atoms with E-state index in [1.807, 2.05) is 36.6 Å². The molecule has 0 fully saturated rings. The molecule has 0 aliphatic carbocycles. The van der Waals surface area contributed by atoms with Crippen molar-refractivity contribution in [3.05, 3.63) is 68.7 Å². The fourth-order valence-corrected chi connectivity index (χ4v) is 4.59. The molecule has 3 rings (SSSR count). The Hall–Kier alpha value is -1.47. The van der Waals surface area contributed by atoms with Gasteiger partial charge in [-0.25, -0.2) is 4.39 Å². The monoisotopic (exact) mass is 459 g/mol. The maximum absolute atomic E-state index is 13.2. The molecule has 4 nitrogen and oxygen atoms in total. The lowest BCUT2D eigenvalue weighted by Gasteiger charge is -2.16. The number of aromatic nitrogens is 3. The molecule has 148 valence electrons. The number of thioether (sulfide) groups is 1. The van der Waals surface area contributed by atoms with Gasteiger partial charge in [0.1, 0.15) is 11.6 Å². The van der Waals surface area contributed by atoms with Gasteiger partial charge in [0.25, 0.3) is 0 Å². The molecule has 0 amide bonds. The van der Waals surface area contributed by atoms with Crippen LogP contribution in [0.25, 0.3) is 0 Å². The Labute approximate surface area is 182 Å². The summed E-state index contributed by atoms with van der Waals surface area (Å²) in [6, 6.07) is 9.43. The minimum atomic E-state index is -0.423. The lowest BCUT2D eigenvalue weighted by Crippen LogP contribution is -2.12. The Morgan fingerprint density at radius 3 is 2.46 bits per heavy atom. The van der Waals surface area contributed by atoms with Crippen LogP contribution in [0.2, 0.25) is 15.1 Å². The molecular weight excluding hydrogens is 444 g/mol. The quantitative estimate of drug-likeness (QED) is 0.362.